The number of hydrogen-bond donors (Lipinski definition) is 2. The van der Waals surface area contributed by atoms with Gasteiger partial charge in [0.05, 0.1) is 18.0 Å². The highest BCUT2D eigenvalue weighted by Gasteiger charge is 2.29. The van der Waals surface area contributed by atoms with Gasteiger partial charge in [-0.05, 0) is 24.1 Å². The molecule has 0 aliphatic carbocycles. The Morgan fingerprint density at radius 2 is 1.77 bits per heavy atom. The predicted octanol–water partition coefficient (Wildman–Crippen LogP) is 4.15. The summed E-state index contributed by atoms with van der Waals surface area (Å²) in [5.74, 6) is 0. The van der Waals surface area contributed by atoms with Crippen LogP contribution in [-0.2, 0) is 12.6 Å². The maximum absolute atomic E-state index is 12.6. The van der Waals surface area contributed by atoms with Crippen LogP contribution in [0.3, 0.4) is 0 Å². The second-order valence-electron chi connectivity index (χ2n) is 6.75. The summed E-state index contributed by atoms with van der Waals surface area (Å²) in [7, 11) is 0. The van der Waals surface area contributed by atoms with Crippen LogP contribution in [0, 0.1) is 0 Å². The molecule has 2 heterocycles. The summed E-state index contributed by atoms with van der Waals surface area (Å²) in [5.41, 5.74) is 7.12. The molecule has 3 N–H and O–H groups in total. The molecule has 4 rings (SSSR count). The number of hydrogen-bond acceptors (Lipinski definition) is 7. The van der Waals surface area contributed by atoms with Gasteiger partial charge >= 0.3 is 6.18 Å². The first-order chi connectivity index (χ1) is 14.4. The van der Waals surface area contributed by atoms with E-state index in [0.29, 0.717) is 18.1 Å². The summed E-state index contributed by atoms with van der Waals surface area (Å²) in [5, 5.41) is 22.6. The summed E-state index contributed by atoms with van der Waals surface area (Å²) in [6.45, 7) is 0.413. The number of halogens is 3. The zero-order chi connectivity index (χ0) is 21.1. The number of benzene rings is 2. The molecule has 0 amide bonds. The minimum Gasteiger partial charge on any atom is -0.359 e. The highest BCUT2D eigenvalue weighted by atomic mass is 32.1. The molecule has 0 bridgehead atoms. The van der Waals surface area contributed by atoms with Gasteiger partial charge in [0.15, 0.2) is 0 Å². The number of alkyl halides is 3. The molecule has 0 aliphatic rings. The Labute approximate surface area is 174 Å². The average molecular weight is 430 g/mol. The van der Waals surface area contributed by atoms with E-state index in [-0.39, 0.29) is 6.04 Å². The molecule has 2 aromatic carbocycles. The quantitative estimate of drug-likeness (QED) is 0.478. The van der Waals surface area contributed by atoms with Crippen molar-refractivity contribution in [1.29, 1.82) is 0 Å². The van der Waals surface area contributed by atoms with Crippen LogP contribution in [-0.4, -0.2) is 33.0 Å². The topological polar surface area (TPSA) is 89.6 Å². The van der Waals surface area contributed by atoms with Crippen molar-refractivity contribution in [3.8, 4) is 10.6 Å². The highest BCUT2D eigenvalue weighted by Crippen LogP contribution is 2.32. The SMILES string of the molecule is NC(CNc1nnc(-c2cccc3cnncc23)s1)Cc1ccc(C(F)(F)F)cc1. The Bertz CT molecular complexity index is 1140. The van der Waals surface area contributed by atoms with E-state index in [1.54, 1.807) is 12.4 Å². The zero-order valence-electron chi connectivity index (χ0n) is 15.6. The van der Waals surface area contributed by atoms with Crippen molar-refractivity contribution in [2.24, 2.45) is 5.73 Å². The molecule has 0 aliphatic heterocycles. The van der Waals surface area contributed by atoms with Gasteiger partial charge in [0, 0.05) is 28.9 Å². The summed E-state index contributed by atoms with van der Waals surface area (Å²) < 4.78 is 37.9. The number of nitrogens with one attached hydrogen (secondary N) is 1. The molecule has 0 saturated carbocycles. The lowest BCUT2D eigenvalue weighted by atomic mass is 10.0. The smallest absolute Gasteiger partial charge is 0.359 e. The minimum absolute atomic E-state index is 0.290. The summed E-state index contributed by atoms with van der Waals surface area (Å²) in [6, 6.07) is 10.6. The first kappa shape index (κ1) is 20.2. The predicted molar refractivity (Wildman–Crippen MR) is 110 cm³/mol. The molecule has 1 unspecified atom stereocenters. The van der Waals surface area contributed by atoms with Crippen molar-refractivity contribution in [3.05, 3.63) is 66.0 Å². The van der Waals surface area contributed by atoms with Crippen molar-refractivity contribution in [1.82, 2.24) is 20.4 Å². The maximum Gasteiger partial charge on any atom is 0.416 e. The Balaban J connectivity index is 1.38. The molecule has 4 aromatic rings. The van der Waals surface area contributed by atoms with Gasteiger partial charge in [0.25, 0.3) is 0 Å². The number of fused-ring (bicyclic) bond motifs is 1. The van der Waals surface area contributed by atoms with Gasteiger partial charge in [0.2, 0.25) is 5.13 Å². The fourth-order valence-electron chi connectivity index (χ4n) is 3.04. The third-order valence-electron chi connectivity index (χ3n) is 4.54. The molecular weight excluding hydrogens is 413 g/mol. The summed E-state index contributed by atoms with van der Waals surface area (Å²) in [6.07, 6.45) is -0.508. The van der Waals surface area contributed by atoms with Gasteiger partial charge in [-0.1, -0.05) is 41.7 Å². The fourth-order valence-corrected chi connectivity index (χ4v) is 3.83. The lowest BCUT2D eigenvalue weighted by Crippen LogP contribution is -2.31. The molecule has 0 radical (unpaired) electrons. The fraction of sp³-hybridized carbons (Fsp3) is 0.200. The Kier molecular flexibility index (Phi) is 5.60. The zero-order valence-corrected chi connectivity index (χ0v) is 16.4. The van der Waals surface area contributed by atoms with E-state index in [2.05, 4.69) is 25.7 Å². The molecule has 154 valence electrons. The van der Waals surface area contributed by atoms with Crippen LogP contribution < -0.4 is 11.1 Å². The second kappa shape index (κ2) is 8.33. The van der Waals surface area contributed by atoms with Crippen LogP contribution in [0.15, 0.2) is 54.9 Å². The first-order valence-electron chi connectivity index (χ1n) is 9.09. The second-order valence-corrected chi connectivity index (χ2v) is 7.73. The molecule has 6 nitrogen and oxygen atoms in total. The molecule has 1 atom stereocenters. The standard InChI is InChI=1S/C20H17F3N6S/c21-20(22,23)14-6-4-12(5-7-14)8-15(24)10-25-19-29-28-18(30-19)16-3-1-2-13-9-26-27-11-17(13)16/h1-7,9,11,15H,8,10,24H2,(H,25,29). The van der Waals surface area contributed by atoms with Crippen LogP contribution in [0.25, 0.3) is 21.3 Å². The maximum atomic E-state index is 12.6. The van der Waals surface area contributed by atoms with Gasteiger partial charge in [-0.2, -0.15) is 23.4 Å². The van der Waals surface area contributed by atoms with E-state index in [1.165, 1.54) is 23.5 Å². The largest absolute Gasteiger partial charge is 0.416 e. The van der Waals surface area contributed by atoms with Crippen LogP contribution in [0.2, 0.25) is 0 Å². The van der Waals surface area contributed by atoms with Crippen LogP contribution in [0.1, 0.15) is 11.1 Å². The molecule has 0 fully saturated rings. The number of anilines is 1. The van der Waals surface area contributed by atoms with Gasteiger partial charge in [-0.3, -0.25) is 0 Å². The highest BCUT2D eigenvalue weighted by molar-refractivity contribution is 7.18. The Hall–Kier alpha value is -3.11. The van der Waals surface area contributed by atoms with E-state index in [9.17, 15) is 13.2 Å². The summed E-state index contributed by atoms with van der Waals surface area (Å²) in [4.78, 5) is 0. The van der Waals surface area contributed by atoms with E-state index in [0.717, 1.165) is 39.0 Å². The van der Waals surface area contributed by atoms with Crippen LogP contribution in [0.5, 0.6) is 0 Å². The van der Waals surface area contributed by atoms with Gasteiger partial charge in [-0.15, -0.1) is 10.2 Å². The lowest BCUT2D eigenvalue weighted by molar-refractivity contribution is -0.137. The van der Waals surface area contributed by atoms with E-state index in [4.69, 9.17) is 5.73 Å². The number of nitrogens with two attached hydrogens (primary N) is 1. The van der Waals surface area contributed by atoms with Crippen molar-refractivity contribution >= 4 is 27.2 Å². The van der Waals surface area contributed by atoms with Gasteiger partial charge in [-0.25, -0.2) is 0 Å². The minimum atomic E-state index is -4.34. The molecular formula is C20H17F3N6S. The van der Waals surface area contributed by atoms with E-state index < -0.39 is 11.7 Å². The molecule has 0 saturated heterocycles. The third-order valence-corrected chi connectivity index (χ3v) is 5.45. The molecule has 0 spiro atoms. The van der Waals surface area contributed by atoms with Crippen molar-refractivity contribution in [3.63, 3.8) is 0 Å². The normalized spacial score (nSPS) is 12.8. The number of rotatable bonds is 6. The molecule has 30 heavy (non-hydrogen) atoms. The Morgan fingerprint density at radius 3 is 2.53 bits per heavy atom. The summed E-state index contributed by atoms with van der Waals surface area (Å²) >= 11 is 1.39. The van der Waals surface area contributed by atoms with Crippen molar-refractivity contribution in [2.45, 2.75) is 18.6 Å². The average Bonchev–Trinajstić information content (AvgIpc) is 3.20. The van der Waals surface area contributed by atoms with E-state index in [1.807, 2.05) is 18.2 Å². The number of aromatic nitrogens is 4. The lowest BCUT2D eigenvalue weighted by Gasteiger charge is -2.13. The van der Waals surface area contributed by atoms with Crippen molar-refractivity contribution in [2.75, 3.05) is 11.9 Å². The van der Waals surface area contributed by atoms with E-state index >= 15 is 0 Å². The number of nitrogens with zero attached hydrogens (tertiary/aromatic N) is 4. The Morgan fingerprint density at radius 1 is 1.00 bits per heavy atom. The van der Waals surface area contributed by atoms with Crippen LogP contribution >= 0.6 is 11.3 Å². The first-order valence-corrected chi connectivity index (χ1v) is 9.90. The van der Waals surface area contributed by atoms with Gasteiger partial charge < -0.3 is 11.1 Å². The molecule has 2 aromatic heterocycles. The van der Waals surface area contributed by atoms with Gasteiger partial charge in [0.1, 0.15) is 5.01 Å². The third kappa shape index (κ3) is 4.55. The van der Waals surface area contributed by atoms with Crippen LogP contribution in [0.4, 0.5) is 18.3 Å². The van der Waals surface area contributed by atoms with Crippen molar-refractivity contribution < 1.29 is 13.2 Å². The molecule has 10 heteroatoms. The monoisotopic (exact) mass is 430 g/mol.